The van der Waals surface area contributed by atoms with Crippen molar-refractivity contribution in [1.29, 1.82) is 0 Å². The van der Waals surface area contributed by atoms with Crippen molar-refractivity contribution < 1.29 is 4.74 Å². The van der Waals surface area contributed by atoms with Crippen LogP contribution in [0.25, 0.3) is 0 Å². The van der Waals surface area contributed by atoms with Crippen LogP contribution in [0.2, 0.25) is 0 Å². The second kappa shape index (κ2) is 3.09. The molecule has 66 valence electrons. The smallest absolute Gasteiger partial charge is 0.171 e. The van der Waals surface area contributed by atoms with Crippen LogP contribution in [0.3, 0.4) is 0 Å². The summed E-state index contributed by atoms with van der Waals surface area (Å²) in [6.45, 7) is 1.02. The second-order valence-electron chi connectivity index (χ2n) is 3.13. The van der Waals surface area contributed by atoms with Crippen molar-refractivity contribution in [1.82, 2.24) is 9.78 Å². The Bertz CT molecular complexity index is 281. The molecule has 1 aromatic heterocycles. The van der Waals surface area contributed by atoms with Gasteiger partial charge in [0, 0.05) is 6.54 Å². The number of methoxy groups -OCH3 is 1. The summed E-state index contributed by atoms with van der Waals surface area (Å²) in [5.41, 5.74) is 0. The van der Waals surface area contributed by atoms with E-state index in [2.05, 4.69) is 21.0 Å². The van der Waals surface area contributed by atoms with Crippen LogP contribution >= 0.6 is 15.9 Å². The van der Waals surface area contributed by atoms with Crippen molar-refractivity contribution in [2.24, 2.45) is 5.92 Å². The molecule has 0 spiro atoms. The number of hydrogen-bond donors (Lipinski definition) is 0. The molecular weight excluding hydrogens is 220 g/mol. The molecule has 0 N–H and O–H groups in total. The van der Waals surface area contributed by atoms with Gasteiger partial charge in [0.15, 0.2) is 5.75 Å². The Morgan fingerprint density at radius 2 is 2.50 bits per heavy atom. The van der Waals surface area contributed by atoms with E-state index in [9.17, 15) is 0 Å². The molecule has 1 fully saturated rings. The topological polar surface area (TPSA) is 27.1 Å². The van der Waals surface area contributed by atoms with E-state index in [1.165, 1.54) is 12.8 Å². The van der Waals surface area contributed by atoms with E-state index in [1.54, 1.807) is 13.3 Å². The Morgan fingerprint density at radius 1 is 1.75 bits per heavy atom. The van der Waals surface area contributed by atoms with Crippen molar-refractivity contribution in [2.75, 3.05) is 7.11 Å². The summed E-state index contributed by atoms with van der Waals surface area (Å²) in [4.78, 5) is 0. The second-order valence-corrected chi connectivity index (χ2v) is 3.88. The first-order valence-electron chi connectivity index (χ1n) is 4.06. The molecule has 0 aromatic carbocycles. The van der Waals surface area contributed by atoms with Crippen LogP contribution in [0.5, 0.6) is 5.75 Å². The van der Waals surface area contributed by atoms with Crippen LogP contribution in [-0.4, -0.2) is 16.9 Å². The molecule has 0 saturated heterocycles. The Labute approximate surface area is 79.8 Å². The number of hydrogen-bond acceptors (Lipinski definition) is 2. The molecular formula is C8H11BrN2O. The van der Waals surface area contributed by atoms with Crippen LogP contribution in [0.4, 0.5) is 0 Å². The molecule has 0 radical (unpaired) electrons. The normalized spacial score (nSPS) is 16.5. The molecule has 1 aromatic rings. The predicted molar refractivity (Wildman–Crippen MR) is 49.2 cm³/mol. The van der Waals surface area contributed by atoms with Crippen LogP contribution in [-0.2, 0) is 6.54 Å². The Hall–Kier alpha value is -0.510. The zero-order valence-corrected chi connectivity index (χ0v) is 8.54. The van der Waals surface area contributed by atoms with E-state index in [1.807, 2.05) is 4.68 Å². The van der Waals surface area contributed by atoms with Gasteiger partial charge in [0.1, 0.15) is 4.60 Å². The van der Waals surface area contributed by atoms with Crippen LogP contribution in [0.1, 0.15) is 12.8 Å². The van der Waals surface area contributed by atoms with E-state index in [-0.39, 0.29) is 0 Å². The fourth-order valence-electron chi connectivity index (χ4n) is 1.16. The van der Waals surface area contributed by atoms with Gasteiger partial charge in [-0.15, -0.1) is 0 Å². The molecule has 0 atom stereocenters. The van der Waals surface area contributed by atoms with Crippen LogP contribution in [0.15, 0.2) is 10.8 Å². The van der Waals surface area contributed by atoms with Crippen molar-refractivity contribution in [2.45, 2.75) is 19.4 Å². The monoisotopic (exact) mass is 230 g/mol. The summed E-state index contributed by atoms with van der Waals surface area (Å²) in [6.07, 6.45) is 4.43. The molecule has 4 heteroatoms. The molecule has 0 aliphatic heterocycles. The van der Waals surface area contributed by atoms with E-state index in [0.717, 1.165) is 22.8 Å². The third-order valence-corrected chi connectivity index (χ3v) is 2.89. The van der Waals surface area contributed by atoms with Crippen LogP contribution in [0, 0.1) is 5.92 Å². The standard InChI is InChI=1S/C8H11BrN2O/c1-12-7-4-10-11(8(7)9)5-6-2-3-6/h4,6H,2-3,5H2,1H3. The van der Waals surface area contributed by atoms with Gasteiger partial charge in [0.05, 0.1) is 13.3 Å². The Morgan fingerprint density at radius 3 is 3.00 bits per heavy atom. The largest absolute Gasteiger partial charge is 0.492 e. The first kappa shape index (κ1) is 8.10. The fraction of sp³-hybridized carbons (Fsp3) is 0.625. The number of aromatic nitrogens is 2. The average Bonchev–Trinajstić information content (AvgIpc) is 2.80. The van der Waals surface area contributed by atoms with Crippen LogP contribution < -0.4 is 4.74 Å². The minimum Gasteiger partial charge on any atom is -0.492 e. The summed E-state index contributed by atoms with van der Waals surface area (Å²) in [5.74, 6) is 1.65. The van der Waals surface area contributed by atoms with Crippen molar-refractivity contribution in [3.63, 3.8) is 0 Å². The van der Waals surface area contributed by atoms with Gasteiger partial charge in [0.25, 0.3) is 0 Å². The summed E-state index contributed by atoms with van der Waals surface area (Å²) in [5, 5.41) is 4.21. The molecule has 0 unspecified atom stereocenters. The Balaban J connectivity index is 2.13. The molecule has 0 amide bonds. The van der Waals surface area contributed by atoms with Gasteiger partial charge >= 0.3 is 0 Å². The molecule has 1 saturated carbocycles. The number of halogens is 1. The van der Waals surface area contributed by atoms with E-state index in [0.29, 0.717) is 0 Å². The maximum absolute atomic E-state index is 5.10. The van der Waals surface area contributed by atoms with Crippen molar-refractivity contribution >= 4 is 15.9 Å². The van der Waals surface area contributed by atoms with Gasteiger partial charge in [-0.1, -0.05) is 0 Å². The maximum atomic E-state index is 5.10. The highest BCUT2D eigenvalue weighted by Crippen LogP contribution is 2.33. The highest BCUT2D eigenvalue weighted by molar-refractivity contribution is 9.10. The van der Waals surface area contributed by atoms with E-state index < -0.39 is 0 Å². The lowest BCUT2D eigenvalue weighted by molar-refractivity contribution is 0.409. The number of ether oxygens (including phenoxy) is 1. The highest BCUT2D eigenvalue weighted by Gasteiger charge is 2.23. The van der Waals surface area contributed by atoms with Gasteiger partial charge in [0.2, 0.25) is 0 Å². The van der Waals surface area contributed by atoms with Gasteiger partial charge in [-0.3, -0.25) is 4.68 Å². The van der Waals surface area contributed by atoms with Gasteiger partial charge in [-0.25, -0.2) is 0 Å². The lowest BCUT2D eigenvalue weighted by Crippen LogP contribution is -2.01. The lowest BCUT2D eigenvalue weighted by Gasteiger charge is -2.01. The molecule has 1 aliphatic rings. The molecule has 0 bridgehead atoms. The lowest BCUT2D eigenvalue weighted by atomic mass is 10.4. The summed E-state index contributed by atoms with van der Waals surface area (Å²) < 4.78 is 8.01. The first-order chi connectivity index (χ1) is 5.81. The Kier molecular flexibility index (Phi) is 2.09. The van der Waals surface area contributed by atoms with Crippen molar-refractivity contribution in [3.8, 4) is 5.75 Å². The minimum atomic E-state index is 0.815. The summed E-state index contributed by atoms with van der Waals surface area (Å²) in [6, 6.07) is 0. The van der Waals surface area contributed by atoms with Gasteiger partial charge in [-0.2, -0.15) is 5.10 Å². The first-order valence-corrected chi connectivity index (χ1v) is 4.86. The summed E-state index contributed by atoms with van der Waals surface area (Å²) >= 11 is 3.44. The SMILES string of the molecule is COc1cnn(CC2CC2)c1Br. The third-order valence-electron chi connectivity index (χ3n) is 2.09. The van der Waals surface area contributed by atoms with Gasteiger partial charge < -0.3 is 4.74 Å². The summed E-state index contributed by atoms with van der Waals surface area (Å²) in [7, 11) is 1.66. The maximum Gasteiger partial charge on any atom is 0.171 e. The van der Waals surface area contributed by atoms with E-state index in [4.69, 9.17) is 4.74 Å². The number of nitrogens with zero attached hydrogens (tertiary/aromatic N) is 2. The molecule has 2 rings (SSSR count). The van der Waals surface area contributed by atoms with E-state index >= 15 is 0 Å². The molecule has 1 heterocycles. The average molecular weight is 231 g/mol. The van der Waals surface area contributed by atoms with Crippen molar-refractivity contribution in [3.05, 3.63) is 10.8 Å². The molecule has 12 heavy (non-hydrogen) atoms. The quantitative estimate of drug-likeness (QED) is 0.796. The predicted octanol–water partition coefficient (Wildman–Crippen LogP) is 2.06. The fourth-order valence-corrected chi connectivity index (χ4v) is 1.66. The van der Waals surface area contributed by atoms with Gasteiger partial charge in [-0.05, 0) is 34.7 Å². The number of rotatable bonds is 3. The third kappa shape index (κ3) is 1.48. The zero-order chi connectivity index (χ0) is 8.55. The molecule has 3 nitrogen and oxygen atoms in total. The molecule has 1 aliphatic carbocycles. The minimum absolute atomic E-state index is 0.815. The highest BCUT2D eigenvalue weighted by atomic mass is 79.9. The zero-order valence-electron chi connectivity index (χ0n) is 6.96.